The number of aromatic nitrogens is 1. The molecule has 2 aromatic carbocycles. The van der Waals surface area contributed by atoms with Crippen LogP contribution in [-0.4, -0.2) is 39.5 Å². The van der Waals surface area contributed by atoms with Gasteiger partial charge in [-0.1, -0.05) is 48.5 Å². The highest BCUT2D eigenvalue weighted by Crippen LogP contribution is 2.36. The summed E-state index contributed by atoms with van der Waals surface area (Å²) in [5.74, 6) is -0.698. The molecule has 5 nitrogen and oxygen atoms in total. The molecule has 1 amide bonds. The normalized spacial score (nSPS) is 16.1. The number of para-hydroxylation sites is 1. The number of fused-ring (bicyclic) bond motifs is 1. The fourth-order valence-electron chi connectivity index (χ4n) is 4.55. The minimum atomic E-state index is -0.895. The third kappa shape index (κ3) is 3.53. The maximum atomic E-state index is 12.8. The molecular formula is C24H26N2O3. The van der Waals surface area contributed by atoms with Gasteiger partial charge < -0.3 is 14.6 Å². The van der Waals surface area contributed by atoms with Crippen LogP contribution < -0.4 is 0 Å². The Kier molecular flexibility index (Phi) is 5.14. The summed E-state index contributed by atoms with van der Waals surface area (Å²) in [6.07, 6.45) is 4.14. The summed E-state index contributed by atoms with van der Waals surface area (Å²) in [4.78, 5) is 26.7. The van der Waals surface area contributed by atoms with E-state index in [4.69, 9.17) is 0 Å². The molecule has 0 radical (unpaired) electrons. The zero-order chi connectivity index (χ0) is 20.4. The van der Waals surface area contributed by atoms with Crippen LogP contribution in [0.1, 0.15) is 30.4 Å². The Hall–Kier alpha value is -3.08. The fourth-order valence-corrected chi connectivity index (χ4v) is 4.55. The van der Waals surface area contributed by atoms with Gasteiger partial charge in [0.05, 0.1) is 5.41 Å². The number of carboxylic acid groups (broad SMARTS) is 1. The molecule has 150 valence electrons. The lowest BCUT2D eigenvalue weighted by molar-refractivity contribution is -0.148. The van der Waals surface area contributed by atoms with Crippen molar-refractivity contribution in [3.05, 3.63) is 71.9 Å². The molecular weight excluding hydrogens is 364 g/mol. The van der Waals surface area contributed by atoms with Crippen LogP contribution in [0.3, 0.4) is 0 Å². The van der Waals surface area contributed by atoms with Gasteiger partial charge in [0.15, 0.2) is 0 Å². The second-order valence-corrected chi connectivity index (χ2v) is 7.92. The van der Waals surface area contributed by atoms with Gasteiger partial charge in [0, 0.05) is 43.7 Å². The van der Waals surface area contributed by atoms with E-state index in [-0.39, 0.29) is 5.91 Å². The lowest BCUT2D eigenvalue weighted by Gasteiger charge is -2.39. The van der Waals surface area contributed by atoms with E-state index in [2.05, 4.69) is 22.9 Å². The second kappa shape index (κ2) is 7.74. The van der Waals surface area contributed by atoms with Gasteiger partial charge in [0.2, 0.25) is 5.91 Å². The van der Waals surface area contributed by atoms with Crippen molar-refractivity contribution in [3.8, 4) is 0 Å². The number of aliphatic carboxylic acids is 1. The first kappa shape index (κ1) is 19.2. The van der Waals surface area contributed by atoms with Crippen molar-refractivity contribution in [2.24, 2.45) is 7.05 Å². The molecule has 2 heterocycles. The van der Waals surface area contributed by atoms with Gasteiger partial charge in [-0.05, 0) is 36.5 Å². The van der Waals surface area contributed by atoms with Crippen LogP contribution in [0.5, 0.6) is 0 Å². The van der Waals surface area contributed by atoms with E-state index in [1.165, 1.54) is 16.5 Å². The highest BCUT2D eigenvalue weighted by molar-refractivity contribution is 5.85. The van der Waals surface area contributed by atoms with Crippen molar-refractivity contribution in [3.63, 3.8) is 0 Å². The van der Waals surface area contributed by atoms with Gasteiger partial charge in [0.1, 0.15) is 0 Å². The summed E-state index contributed by atoms with van der Waals surface area (Å²) < 4.78 is 2.09. The minimum Gasteiger partial charge on any atom is -0.481 e. The van der Waals surface area contributed by atoms with E-state index >= 15 is 0 Å². The van der Waals surface area contributed by atoms with E-state index in [1.807, 2.05) is 54.4 Å². The Morgan fingerprint density at radius 3 is 2.34 bits per heavy atom. The zero-order valence-corrected chi connectivity index (χ0v) is 16.7. The van der Waals surface area contributed by atoms with Crippen molar-refractivity contribution in [1.82, 2.24) is 9.47 Å². The Bertz CT molecular complexity index is 1030. The molecule has 29 heavy (non-hydrogen) atoms. The molecule has 5 heteroatoms. The maximum absolute atomic E-state index is 12.8. The van der Waals surface area contributed by atoms with Crippen molar-refractivity contribution in [2.75, 3.05) is 13.1 Å². The Morgan fingerprint density at radius 1 is 1.00 bits per heavy atom. The van der Waals surface area contributed by atoms with Gasteiger partial charge in [-0.2, -0.15) is 0 Å². The molecule has 1 fully saturated rings. The highest BCUT2D eigenvalue weighted by Gasteiger charge is 2.43. The average molecular weight is 390 g/mol. The number of aryl methyl sites for hydroxylation is 2. The number of rotatable bonds is 5. The number of carbonyl (C=O) groups excluding carboxylic acids is 1. The quantitative estimate of drug-likeness (QED) is 0.722. The standard InChI is InChI=1S/C24H26N2O3/c1-25-17-18(20-9-5-6-10-21(20)25)11-12-22(27)26-15-13-24(14-16-26,23(28)29)19-7-3-2-4-8-19/h2-10,17H,11-16H2,1H3,(H,28,29). The summed E-state index contributed by atoms with van der Waals surface area (Å²) >= 11 is 0. The predicted octanol–water partition coefficient (Wildman–Crippen LogP) is 3.76. The van der Waals surface area contributed by atoms with E-state index in [9.17, 15) is 14.7 Å². The zero-order valence-electron chi connectivity index (χ0n) is 16.7. The number of piperidine rings is 1. The summed E-state index contributed by atoms with van der Waals surface area (Å²) in [6.45, 7) is 0.963. The number of benzene rings is 2. The van der Waals surface area contributed by atoms with Crippen molar-refractivity contribution >= 4 is 22.8 Å². The Labute approximate surface area is 170 Å². The van der Waals surface area contributed by atoms with Gasteiger partial charge in [0.25, 0.3) is 0 Å². The van der Waals surface area contributed by atoms with Gasteiger partial charge in [-0.15, -0.1) is 0 Å². The van der Waals surface area contributed by atoms with Crippen molar-refractivity contribution < 1.29 is 14.7 Å². The van der Waals surface area contributed by atoms with Gasteiger partial charge in [-0.3, -0.25) is 9.59 Å². The third-order valence-electron chi connectivity index (χ3n) is 6.29. The van der Waals surface area contributed by atoms with Crippen LogP contribution in [0.4, 0.5) is 0 Å². The second-order valence-electron chi connectivity index (χ2n) is 7.92. The first-order valence-corrected chi connectivity index (χ1v) is 10.1. The monoisotopic (exact) mass is 390 g/mol. The van der Waals surface area contributed by atoms with Crippen LogP contribution >= 0.6 is 0 Å². The number of carboxylic acids is 1. The van der Waals surface area contributed by atoms with Crippen LogP contribution in [0.15, 0.2) is 60.8 Å². The Morgan fingerprint density at radius 2 is 1.66 bits per heavy atom. The molecule has 1 aliphatic heterocycles. The molecule has 0 saturated carbocycles. The van der Waals surface area contributed by atoms with E-state index in [0.717, 1.165) is 5.56 Å². The molecule has 0 unspecified atom stereocenters. The summed E-state index contributed by atoms with van der Waals surface area (Å²) in [7, 11) is 2.02. The maximum Gasteiger partial charge on any atom is 0.314 e. The lowest BCUT2D eigenvalue weighted by atomic mass is 9.73. The molecule has 0 atom stereocenters. The summed E-state index contributed by atoms with van der Waals surface area (Å²) in [6, 6.07) is 17.6. The largest absolute Gasteiger partial charge is 0.481 e. The third-order valence-corrected chi connectivity index (χ3v) is 6.29. The number of nitrogens with zero attached hydrogens (tertiary/aromatic N) is 2. The molecule has 0 bridgehead atoms. The smallest absolute Gasteiger partial charge is 0.314 e. The molecule has 1 aromatic heterocycles. The van der Waals surface area contributed by atoms with Crippen LogP contribution in [0.25, 0.3) is 10.9 Å². The molecule has 1 aliphatic rings. The topological polar surface area (TPSA) is 62.5 Å². The molecule has 1 saturated heterocycles. The van der Waals surface area contributed by atoms with Gasteiger partial charge in [-0.25, -0.2) is 0 Å². The number of carbonyl (C=O) groups is 2. The first-order valence-electron chi connectivity index (χ1n) is 10.1. The Balaban J connectivity index is 1.42. The molecule has 0 aliphatic carbocycles. The first-order chi connectivity index (χ1) is 14.0. The number of hydrogen-bond donors (Lipinski definition) is 1. The predicted molar refractivity (Wildman–Crippen MR) is 113 cm³/mol. The summed E-state index contributed by atoms with van der Waals surface area (Å²) in [5.41, 5.74) is 2.28. The van der Waals surface area contributed by atoms with Crippen molar-refractivity contribution in [1.29, 1.82) is 0 Å². The van der Waals surface area contributed by atoms with E-state index in [0.29, 0.717) is 38.8 Å². The number of hydrogen-bond acceptors (Lipinski definition) is 2. The van der Waals surface area contributed by atoms with E-state index in [1.54, 1.807) is 0 Å². The lowest BCUT2D eigenvalue weighted by Crippen LogP contribution is -2.49. The minimum absolute atomic E-state index is 0.102. The average Bonchev–Trinajstić information content (AvgIpc) is 3.08. The van der Waals surface area contributed by atoms with E-state index < -0.39 is 11.4 Å². The SMILES string of the molecule is Cn1cc(CCC(=O)N2CCC(C(=O)O)(c3ccccc3)CC2)c2ccccc21. The number of amides is 1. The fraction of sp³-hybridized carbons (Fsp3) is 0.333. The molecule has 0 spiro atoms. The van der Waals surface area contributed by atoms with Crippen molar-refractivity contribution in [2.45, 2.75) is 31.1 Å². The highest BCUT2D eigenvalue weighted by atomic mass is 16.4. The number of likely N-dealkylation sites (tertiary alicyclic amines) is 1. The molecule has 4 rings (SSSR count). The van der Waals surface area contributed by atoms with Crippen LogP contribution in [0, 0.1) is 0 Å². The van der Waals surface area contributed by atoms with Crippen LogP contribution in [-0.2, 0) is 28.5 Å². The summed E-state index contributed by atoms with van der Waals surface area (Å²) in [5, 5.41) is 11.1. The molecule has 3 aromatic rings. The van der Waals surface area contributed by atoms with Crippen LogP contribution in [0.2, 0.25) is 0 Å². The van der Waals surface area contributed by atoms with Gasteiger partial charge >= 0.3 is 5.97 Å². The molecule has 1 N–H and O–H groups in total.